The molecule has 0 saturated heterocycles. The van der Waals surface area contributed by atoms with Crippen molar-refractivity contribution in [1.82, 2.24) is 0 Å². The summed E-state index contributed by atoms with van der Waals surface area (Å²) in [5, 5.41) is 8.49. The fourth-order valence-corrected chi connectivity index (χ4v) is 2.80. The average Bonchev–Trinajstić information content (AvgIpc) is 2.11. The van der Waals surface area contributed by atoms with Crippen molar-refractivity contribution in [2.45, 2.75) is 59.0 Å². The molecule has 4 heteroatoms. The molecule has 0 aromatic heterocycles. The zero-order chi connectivity index (χ0) is 13.1. The van der Waals surface area contributed by atoms with Gasteiger partial charge in [0.15, 0.2) is 0 Å². The zero-order valence-corrected chi connectivity index (χ0v) is 10.9. The molecule has 2 unspecified atom stereocenters. The molecule has 0 heterocycles. The van der Waals surface area contributed by atoms with Gasteiger partial charge in [0.2, 0.25) is 0 Å². The van der Waals surface area contributed by atoms with Crippen molar-refractivity contribution in [3.8, 4) is 0 Å². The van der Waals surface area contributed by atoms with Gasteiger partial charge in [-0.2, -0.15) is 0 Å². The molecule has 0 radical (unpaired) electrons. The Bertz CT molecular complexity index is 296. The van der Waals surface area contributed by atoms with Crippen LogP contribution in [0.4, 0.5) is 0 Å². The van der Waals surface area contributed by atoms with Crippen LogP contribution in [-0.4, -0.2) is 23.1 Å². The van der Waals surface area contributed by atoms with Crippen LogP contribution in [0, 0.1) is 11.3 Å². The quantitative estimate of drug-likeness (QED) is 0.770. The molecule has 0 aromatic carbocycles. The van der Waals surface area contributed by atoms with Gasteiger partial charge in [-0.05, 0) is 30.6 Å². The van der Waals surface area contributed by atoms with E-state index in [-0.39, 0.29) is 30.3 Å². The first-order chi connectivity index (χ1) is 7.78. The van der Waals surface area contributed by atoms with E-state index in [1.165, 1.54) is 0 Å². The highest BCUT2D eigenvalue weighted by Gasteiger charge is 2.33. The van der Waals surface area contributed by atoms with E-state index < -0.39 is 5.97 Å². The Morgan fingerprint density at radius 3 is 2.47 bits per heavy atom. The monoisotopic (exact) mass is 242 g/mol. The highest BCUT2D eigenvalue weighted by atomic mass is 16.5. The summed E-state index contributed by atoms with van der Waals surface area (Å²) in [5.41, 5.74) is 0.204. The van der Waals surface area contributed by atoms with Crippen molar-refractivity contribution < 1.29 is 19.4 Å². The van der Waals surface area contributed by atoms with E-state index >= 15 is 0 Å². The zero-order valence-electron chi connectivity index (χ0n) is 10.9. The van der Waals surface area contributed by atoms with Gasteiger partial charge in [0.25, 0.3) is 0 Å². The van der Waals surface area contributed by atoms with Gasteiger partial charge < -0.3 is 9.84 Å². The Morgan fingerprint density at radius 2 is 1.94 bits per heavy atom. The maximum Gasteiger partial charge on any atom is 0.306 e. The van der Waals surface area contributed by atoms with Crippen LogP contribution in [0.15, 0.2) is 0 Å². The van der Waals surface area contributed by atoms with Crippen molar-refractivity contribution in [1.29, 1.82) is 0 Å². The molecular weight excluding hydrogens is 220 g/mol. The Morgan fingerprint density at radius 1 is 1.29 bits per heavy atom. The van der Waals surface area contributed by atoms with E-state index in [0.717, 1.165) is 19.3 Å². The third-order valence-electron chi connectivity index (χ3n) is 3.19. The minimum Gasteiger partial charge on any atom is -0.481 e. The Hall–Kier alpha value is -1.06. The van der Waals surface area contributed by atoms with Crippen LogP contribution < -0.4 is 0 Å². The number of ether oxygens (including phenoxy) is 1. The largest absolute Gasteiger partial charge is 0.481 e. The molecule has 0 aliphatic heterocycles. The Kier molecular flexibility index (Phi) is 4.54. The van der Waals surface area contributed by atoms with Crippen LogP contribution in [0.3, 0.4) is 0 Å². The van der Waals surface area contributed by atoms with Gasteiger partial charge in [0.1, 0.15) is 6.10 Å². The molecule has 0 amide bonds. The molecule has 98 valence electrons. The molecule has 1 fully saturated rings. The second-order valence-corrected chi connectivity index (χ2v) is 5.92. The summed E-state index contributed by atoms with van der Waals surface area (Å²) in [6.45, 7) is 6.53. The number of hydrogen-bond acceptors (Lipinski definition) is 3. The Labute approximate surface area is 102 Å². The van der Waals surface area contributed by atoms with E-state index in [1.54, 1.807) is 0 Å². The lowest BCUT2D eigenvalue weighted by molar-refractivity contribution is -0.155. The predicted octanol–water partition coefficient (Wildman–Crippen LogP) is 2.61. The molecule has 0 bridgehead atoms. The fourth-order valence-electron chi connectivity index (χ4n) is 2.80. The summed E-state index contributed by atoms with van der Waals surface area (Å²) in [6.07, 6.45) is 2.69. The highest BCUT2D eigenvalue weighted by Crippen LogP contribution is 2.39. The second-order valence-electron chi connectivity index (χ2n) is 5.92. The minimum atomic E-state index is -0.959. The SMILES string of the molecule is CC1CC(OC(=O)CCC(=O)O)CC(C)(C)C1. The van der Waals surface area contributed by atoms with Gasteiger partial charge in [-0.1, -0.05) is 20.8 Å². The number of esters is 1. The molecule has 1 aliphatic rings. The van der Waals surface area contributed by atoms with E-state index in [1.807, 2.05) is 0 Å². The lowest BCUT2D eigenvalue weighted by atomic mass is 9.71. The van der Waals surface area contributed by atoms with Crippen molar-refractivity contribution in [2.75, 3.05) is 0 Å². The standard InChI is InChI=1S/C13H22O4/c1-9-6-10(8-13(2,3)7-9)17-12(16)5-4-11(14)15/h9-10H,4-8H2,1-3H3,(H,14,15). The first-order valence-electron chi connectivity index (χ1n) is 6.20. The van der Waals surface area contributed by atoms with Crippen LogP contribution in [0.5, 0.6) is 0 Å². The number of carboxylic acids is 1. The number of rotatable bonds is 4. The van der Waals surface area contributed by atoms with Crippen LogP contribution >= 0.6 is 0 Å². The summed E-state index contributed by atoms with van der Waals surface area (Å²) in [7, 11) is 0. The third-order valence-corrected chi connectivity index (χ3v) is 3.19. The van der Waals surface area contributed by atoms with Gasteiger partial charge in [0.05, 0.1) is 12.8 Å². The summed E-state index contributed by atoms with van der Waals surface area (Å²) in [6, 6.07) is 0. The molecular formula is C13H22O4. The molecule has 1 saturated carbocycles. The molecule has 2 atom stereocenters. The first kappa shape index (κ1) is 14.0. The molecule has 17 heavy (non-hydrogen) atoms. The van der Waals surface area contributed by atoms with Crippen LogP contribution in [-0.2, 0) is 14.3 Å². The van der Waals surface area contributed by atoms with Gasteiger partial charge in [0, 0.05) is 0 Å². The average molecular weight is 242 g/mol. The lowest BCUT2D eigenvalue weighted by Crippen LogP contribution is -2.34. The normalized spacial score (nSPS) is 27.5. The number of carbonyl (C=O) groups is 2. The maximum absolute atomic E-state index is 11.4. The summed E-state index contributed by atoms with van der Waals surface area (Å²) >= 11 is 0. The molecule has 1 rings (SSSR count). The van der Waals surface area contributed by atoms with Crippen molar-refractivity contribution in [3.05, 3.63) is 0 Å². The molecule has 0 spiro atoms. The number of carboxylic acid groups (broad SMARTS) is 1. The van der Waals surface area contributed by atoms with Crippen LogP contribution in [0.25, 0.3) is 0 Å². The number of hydrogen-bond donors (Lipinski definition) is 1. The smallest absolute Gasteiger partial charge is 0.306 e. The van der Waals surface area contributed by atoms with E-state index in [0.29, 0.717) is 5.92 Å². The molecule has 1 aliphatic carbocycles. The Balaban J connectivity index is 2.40. The lowest BCUT2D eigenvalue weighted by Gasteiger charge is -2.38. The van der Waals surface area contributed by atoms with Crippen molar-refractivity contribution in [2.24, 2.45) is 11.3 Å². The summed E-state index contributed by atoms with van der Waals surface area (Å²) in [4.78, 5) is 21.8. The van der Waals surface area contributed by atoms with Gasteiger partial charge in [-0.3, -0.25) is 9.59 Å². The molecule has 4 nitrogen and oxygen atoms in total. The third kappa shape index (κ3) is 5.20. The summed E-state index contributed by atoms with van der Waals surface area (Å²) in [5.74, 6) is -0.794. The van der Waals surface area contributed by atoms with E-state index in [4.69, 9.17) is 9.84 Å². The number of aliphatic carboxylic acids is 1. The van der Waals surface area contributed by atoms with Gasteiger partial charge in [-0.25, -0.2) is 0 Å². The second kappa shape index (κ2) is 5.52. The van der Waals surface area contributed by atoms with Crippen molar-refractivity contribution in [3.63, 3.8) is 0 Å². The molecule has 0 aromatic rings. The van der Waals surface area contributed by atoms with Gasteiger partial charge in [-0.15, -0.1) is 0 Å². The number of carbonyl (C=O) groups excluding carboxylic acids is 1. The predicted molar refractivity (Wildman–Crippen MR) is 63.5 cm³/mol. The van der Waals surface area contributed by atoms with E-state index in [9.17, 15) is 9.59 Å². The van der Waals surface area contributed by atoms with Crippen molar-refractivity contribution >= 4 is 11.9 Å². The molecule has 1 N–H and O–H groups in total. The first-order valence-corrected chi connectivity index (χ1v) is 6.20. The topological polar surface area (TPSA) is 63.6 Å². The highest BCUT2D eigenvalue weighted by molar-refractivity contribution is 5.76. The van der Waals surface area contributed by atoms with Gasteiger partial charge >= 0.3 is 11.9 Å². The fraction of sp³-hybridized carbons (Fsp3) is 0.846. The minimum absolute atomic E-state index is 0.0271. The maximum atomic E-state index is 11.4. The van der Waals surface area contributed by atoms with E-state index in [2.05, 4.69) is 20.8 Å². The van der Waals surface area contributed by atoms with Crippen LogP contribution in [0.1, 0.15) is 52.9 Å². The summed E-state index contributed by atoms with van der Waals surface area (Å²) < 4.78 is 5.35. The van der Waals surface area contributed by atoms with Crippen LogP contribution in [0.2, 0.25) is 0 Å².